The zero-order chi connectivity index (χ0) is 21.6. The van der Waals surface area contributed by atoms with E-state index >= 15 is 0 Å². The Balaban J connectivity index is 1.29. The molecule has 1 fully saturated rings. The molecule has 2 aliphatic rings. The molecule has 2 unspecified atom stereocenters. The monoisotopic (exact) mass is 447 g/mol. The van der Waals surface area contributed by atoms with Crippen LogP contribution in [0.5, 0.6) is 0 Å². The smallest absolute Gasteiger partial charge is 0.337 e. The van der Waals surface area contributed by atoms with Crippen LogP contribution in [-0.4, -0.2) is 32.0 Å². The Morgan fingerprint density at radius 1 is 1.23 bits per heavy atom. The molecule has 2 aliphatic heterocycles. The molecule has 1 amide bonds. The fraction of sp³-hybridized carbons (Fsp3) is 0.250. The minimum atomic E-state index is -4.46. The molecular weight excluding hydrogens is 431 g/mol. The first-order valence-corrected chi connectivity index (χ1v) is 10.3. The molecule has 2 atom stereocenters. The second-order valence-electron chi connectivity index (χ2n) is 7.21. The standard InChI is InChI=1S/C20H16F3N5O2S/c21-20(22,23)13-4-1-3-12(9-13)18-24-17(30-26-18)11-27-6-7-28-15(19(27)29)10-14(25-28)16-5-2-8-31-16/h1-9,14-15,25H,10-11H2. The van der Waals surface area contributed by atoms with Crippen molar-refractivity contribution >= 4 is 17.2 Å². The summed E-state index contributed by atoms with van der Waals surface area (Å²) < 4.78 is 44.0. The Bertz CT molecular complexity index is 1130. The van der Waals surface area contributed by atoms with Gasteiger partial charge in [0.1, 0.15) is 12.6 Å². The highest BCUT2D eigenvalue weighted by Gasteiger charge is 2.40. The fourth-order valence-corrected chi connectivity index (χ4v) is 4.44. The van der Waals surface area contributed by atoms with Crippen molar-refractivity contribution in [3.8, 4) is 11.4 Å². The van der Waals surface area contributed by atoms with E-state index in [1.807, 2.05) is 17.5 Å². The molecule has 0 spiro atoms. The second-order valence-corrected chi connectivity index (χ2v) is 8.19. The Morgan fingerprint density at radius 3 is 2.87 bits per heavy atom. The molecule has 2 aromatic heterocycles. The average molecular weight is 447 g/mol. The number of hydrogen-bond donors (Lipinski definition) is 1. The molecule has 0 aliphatic carbocycles. The summed E-state index contributed by atoms with van der Waals surface area (Å²) in [7, 11) is 0. The van der Waals surface area contributed by atoms with E-state index in [0.717, 1.165) is 17.0 Å². The lowest BCUT2D eigenvalue weighted by Crippen LogP contribution is -2.47. The largest absolute Gasteiger partial charge is 0.416 e. The number of alkyl halides is 3. The number of fused-ring (bicyclic) bond motifs is 1. The number of aromatic nitrogens is 2. The van der Waals surface area contributed by atoms with Crippen molar-refractivity contribution in [2.75, 3.05) is 0 Å². The van der Waals surface area contributed by atoms with Crippen LogP contribution in [-0.2, 0) is 17.5 Å². The number of hydrogen-bond acceptors (Lipinski definition) is 7. The van der Waals surface area contributed by atoms with Crippen LogP contribution >= 0.6 is 11.3 Å². The van der Waals surface area contributed by atoms with Gasteiger partial charge in [-0.3, -0.25) is 4.79 Å². The van der Waals surface area contributed by atoms with Gasteiger partial charge in [-0.1, -0.05) is 23.4 Å². The van der Waals surface area contributed by atoms with E-state index < -0.39 is 11.7 Å². The summed E-state index contributed by atoms with van der Waals surface area (Å²) in [5, 5.41) is 7.57. The molecule has 7 nitrogen and oxygen atoms in total. The van der Waals surface area contributed by atoms with Gasteiger partial charge in [-0.25, -0.2) is 5.43 Å². The molecule has 3 aromatic rings. The molecular formula is C20H16F3N5O2S. The summed E-state index contributed by atoms with van der Waals surface area (Å²) in [6.45, 7) is 0.0370. The SMILES string of the molecule is O=C1C2CC(c3cccs3)NN2C=CN1Cc1nc(-c2cccc(C(F)(F)F)c2)no1. The lowest BCUT2D eigenvalue weighted by molar-refractivity contribution is -0.137. The van der Waals surface area contributed by atoms with Gasteiger partial charge in [0, 0.05) is 29.3 Å². The van der Waals surface area contributed by atoms with Crippen LogP contribution in [0.4, 0.5) is 13.2 Å². The van der Waals surface area contributed by atoms with Crippen molar-refractivity contribution in [3.05, 3.63) is 70.5 Å². The molecule has 1 N–H and O–H groups in total. The second kappa shape index (κ2) is 7.50. The highest BCUT2D eigenvalue weighted by Crippen LogP contribution is 2.34. The number of thiophene rings is 1. The van der Waals surface area contributed by atoms with E-state index in [9.17, 15) is 18.0 Å². The van der Waals surface area contributed by atoms with E-state index in [4.69, 9.17) is 4.52 Å². The number of carbonyl (C=O) groups excluding carboxylic acids is 1. The minimum Gasteiger partial charge on any atom is -0.337 e. The van der Waals surface area contributed by atoms with Gasteiger partial charge in [-0.05, 0) is 23.6 Å². The topological polar surface area (TPSA) is 74.5 Å². The van der Waals surface area contributed by atoms with E-state index in [2.05, 4.69) is 15.6 Å². The van der Waals surface area contributed by atoms with Gasteiger partial charge in [0.15, 0.2) is 0 Å². The highest BCUT2D eigenvalue weighted by atomic mass is 32.1. The zero-order valence-electron chi connectivity index (χ0n) is 15.9. The lowest BCUT2D eigenvalue weighted by Gasteiger charge is -2.30. The van der Waals surface area contributed by atoms with Crippen LogP contribution in [0.1, 0.15) is 28.8 Å². The van der Waals surface area contributed by atoms with Crippen molar-refractivity contribution < 1.29 is 22.5 Å². The first-order chi connectivity index (χ1) is 14.9. The zero-order valence-corrected chi connectivity index (χ0v) is 16.7. The summed E-state index contributed by atoms with van der Waals surface area (Å²) >= 11 is 1.63. The molecule has 5 rings (SSSR count). The predicted octanol–water partition coefficient (Wildman–Crippen LogP) is 3.95. The number of nitrogens with one attached hydrogen (secondary N) is 1. The third-order valence-electron chi connectivity index (χ3n) is 5.18. The van der Waals surface area contributed by atoms with Crippen LogP contribution in [0.2, 0.25) is 0 Å². The highest BCUT2D eigenvalue weighted by molar-refractivity contribution is 7.10. The van der Waals surface area contributed by atoms with Gasteiger partial charge in [0.25, 0.3) is 5.91 Å². The first kappa shape index (κ1) is 19.8. The summed E-state index contributed by atoms with van der Waals surface area (Å²) in [4.78, 5) is 19.7. The molecule has 0 saturated carbocycles. The van der Waals surface area contributed by atoms with Crippen LogP contribution < -0.4 is 5.43 Å². The summed E-state index contributed by atoms with van der Waals surface area (Å²) in [5.41, 5.74) is 2.72. The number of carbonyl (C=O) groups is 1. The maximum Gasteiger partial charge on any atom is 0.416 e. The normalized spacial score (nSPS) is 21.1. The van der Waals surface area contributed by atoms with Crippen LogP contribution in [0.3, 0.4) is 0 Å². The van der Waals surface area contributed by atoms with Crippen molar-refractivity contribution in [2.24, 2.45) is 0 Å². The maximum atomic E-state index is 12.9. The number of hydrazine groups is 1. The Hall–Kier alpha value is -3.18. The van der Waals surface area contributed by atoms with E-state index in [1.165, 1.54) is 17.0 Å². The third kappa shape index (κ3) is 3.81. The van der Waals surface area contributed by atoms with Gasteiger partial charge >= 0.3 is 6.18 Å². The van der Waals surface area contributed by atoms with Crippen molar-refractivity contribution in [1.29, 1.82) is 0 Å². The average Bonchev–Trinajstić information content (AvgIpc) is 3.50. The molecule has 0 bridgehead atoms. The van der Waals surface area contributed by atoms with E-state index in [0.29, 0.717) is 6.42 Å². The number of nitrogens with zero attached hydrogens (tertiary/aromatic N) is 4. The van der Waals surface area contributed by atoms with Gasteiger partial charge in [0.2, 0.25) is 11.7 Å². The molecule has 160 valence electrons. The van der Waals surface area contributed by atoms with Crippen LogP contribution in [0.25, 0.3) is 11.4 Å². The summed E-state index contributed by atoms with van der Waals surface area (Å²) in [5.74, 6) is 0.0592. The lowest BCUT2D eigenvalue weighted by atomic mass is 10.1. The van der Waals surface area contributed by atoms with Crippen molar-refractivity contribution in [1.82, 2.24) is 25.5 Å². The molecule has 1 saturated heterocycles. The number of halogens is 3. The molecule has 11 heteroatoms. The predicted molar refractivity (Wildman–Crippen MR) is 105 cm³/mol. The maximum absolute atomic E-state index is 12.9. The number of amides is 1. The van der Waals surface area contributed by atoms with Crippen molar-refractivity contribution in [3.63, 3.8) is 0 Å². The van der Waals surface area contributed by atoms with Crippen molar-refractivity contribution in [2.45, 2.75) is 31.2 Å². The molecule has 0 radical (unpaired) electrons. The van der Waals surface area contributed by atoms with E-state index in [1.54, 1.807) is 28.7 Å². The van der Waals surface area contributed by atoms with Gasteiger partial charge in [-0.15, -0.1) is 11.3 Å². The third-order valence-corrected chi connectivity index (χ3v) is 6.17. The number of benzene rings is 1. The van der Waals surface area contributed by atoms with Gasteiger partial charge in [-0.2, -0.15) is 18.2 Å². The molecule has 4 heterocycles. The molecule has 31 heavy (non-hydrogen) atoms. The van der Waals surface area contributed by atoms with Crippen LogP contribution in [0, 0.1) is 0 Å². The fourth-order valence-electron chi connectivity index (χ4n) is 3.66. The van der Waals surface area contributed by atoms with Crippen LogP contribution in [0.15, 0.2) is 58.7 Å². The minimum absolute atomic E-state index is 0.0370. The van der Waals surface area contributed by atoms with E-state index in [-0.39, 0.29) is 41.8 Å². The Labute approximate surface area is 178 Å². The first-order valence-electron chi connectivity index (χ1n) is 9.45. The quantitative estimate of drug-likeness (QED) is 0.653. The van der Waals surface area contributed by atoms with Gasteiger partial charge in [0.05, 0.1) is 11.6 Å². The summed E-state index contributed by atoms with van der Waals surface area (Å²) in [6, 6.07) is 8.41. The summed E-state index contributed by atoms with van der Waals surface area (Å²) in [6.07, 6.45) is -0.435. The van der Waals surface area contributed by atoms with Gasteiger partial charge < -0.3 is 14.4 Å². The Kier molecular flexibility index (Phi) is 4.78. The molecule has 1 aromatic carbocycles. The Morgan fingerprint density at radius 2 is 2.10 bits per heavy atom. The number of rotatable bonds is 4.